The number of aliphatic hydroxyl groups excluding tert-OH is 1. The molecule has 11 heteroatoms. The van der Waals surface area contributed by atoms with E-state index in [0.29, 0.717) is 65.9 Å². The van der Waals surface area contributed by atoms with Crippen molar-refractivity contribution in [2.45, 2.75) is 39.7 Å². The van der Waals surface area contributed by atoms with Crippen LogP contribution in [-0.4, -0.2) is 104 Å². The third-order valence-corrected chi connectivity index (χ3v) is 8.01. The molecule has 0 aliphatic heterocycles. The summed E-state index contributed by atoms with van der Waals surface area (Å²) in [6.45, 7) is 10.3. The molecule has 0 radical (unpaired) electrons. The van der Waals surface area contributed by atoms with E-state index in [4.69, 9.17) is 37.3 Å². The molecule has 0 aromatic rings. The maximum atomic E-state index is 11.8. The van der Waals surface area contributed by atoms with Crippen LogP contribution < -0.4 is 0 Å². The fourth-order valence-electron chi connectivity index (χ4n) is 2.54. The molecule has 31 heavy (non-hydrogen) atoms. The first-order chi connectivity index (χ1) is 15.1. The molecule has 0 fully saturated rings. The Labute approximate surface area is 192 Å². The summed E-state index contributed by atoms with van der Waals surface area (Å²) in [6, 6.07) is 0.788. The van der Waals surface area contributed by atoms with Crippen molar-refractivity contribution in [1.29, 1.82) is 0 Å². The third kappa shape index (κ3) is 19.0. The number of ether oxygens (including phenoxy) is 4. The molecule has 0 aromatic heterocycles. The molecule has 9 nitrogen and oxygen atoms in total. The van der Waals surface area contributed by atoms with Gasteiger partial charge in [-0.2, -0.15) is 11.8 Å². The number of thioether (sulfide) groups is 1. The number of hydrogen-bond acceptors (Lipinski definition) is 10. The van der Waals surface area contributed by atoms with Crippen molar-refractivity contribution >= 4 is 26.5 Å². The minimum Gasteiger partial charge on any atom is -0.463 e. The van der Waals surface area contributed by atoms with E-state index in [1.807, 2.05) is 20.8 Å². The first kappa shape index (κ1) is 30.8. The first-order valence-electron chi connectivity index (χ1n) is 11.1. The second kappa shape index (κ2) is 22.9. The fraction of sp³-hybridized carbons (Fsp3) is 0.950. The molecule has 0 atom stereocenters. The van der Waals surface area contributed by atoms with Crippen LogP contribution in [0.4, 0.5) is 0 Å². The standard InChI is InChI=1S/C20H42O9SSi/c1-4-27-31(28-5-2,29-6-3)19-7-17-30-18-8-20(22)26-16-15-25-14-13-24-12-11-23-10-9-21/h21H,4-19H2,1-3H3. The smallest absolute Gasteiger partial charge is 0.463 e. The second-order valence-corrected chi connectivity index (χ2v) is 10.2. The van der Waals surface area contributed by atoms with Crippen molar-refractivity contribution in [3.05, 3.63) is 0 Å². The van der Waals surface area contributed by atoms with Gasteiger partial charge in [-0.15, -0.1) is 0 Å². The predicted molar refractivity (Wildman–Crippen MR) is 122 cm³/mol. The van der Waals surface area contributed by atoms with Gasteiger partial charge in [0.2, 0.25) is 0 Å². The molecule has 0 saturated heterocycles. The highest BCUT2D eigenvalue weighted by Crippen LogP contribution is 2.20. The van der Waals surface area contributed by atoms with Gasteiger partial charge < -0.3 is 37.3 Å². The van der Waals surface area contributed by atoms with E-state index in [9.17, 15) is 4.79 Å². The van der Waals surface area contributed by atoms with Gasteiger partial charge in [0.1, 0.15) is 6.61 Å². The van der Waals surface area contributed by atoms with Gasteiger partial charge in [-0.25, -0.2) is 0 Å². The molecule has 1 N–H and O–H groups in total. The summed E-state index contributed by atoms with van der Waals surface area (Å²) in [7, 11) is -2.56. The lowest BCUT2D eigenvalue weighted by Crippen LogP contribution is -2.46. The maximum Gasteiger partial charge on any atom is 0.500 e. The zero-order valence-corrected chi connectivity index (χ0v) is 21.3. The van der Waals surface area contributed by atoms with E-state index in [-0.39, 0.29) is 19.2 Å². The van der Waals surface area contributed by atoms with Gasteiger partial charge in [-0.05, 0) is 32.9 Å². The van der Waals surface area contributed by atoms with E-state index >= 15 is 0 Å². The Morgan fingerprint density at radius 1 is 0.774 bits per heavy atom. The number of esters is 1. The molecule has 0 saturated carbocycles. The van der Waals surface area contributed by atoms with E-state index in [1.54, 1.807) is 11.8 Å². The summed E-state index contributed by atoms with van der Waals surface area (Å²) in [5.74, 6) is 1.43. The summed E-state index contributed by atoms with van der Waals surface area (Å²) in [4.78, 5) is 11.8. The zero-order chi connectivity index (χ0) is 23.0. The van der Waals surface area contributed by atoms with Gasteiger partial charge in [-0.3, -0.25) is 4.79 Å². The maximum absolute atomic E-state index is 11.8. The molecule has 0 amide bonds. The van der Waals surface area contributed by atoms with E-state index in [2.05, 4.69) is 0 Å². The Kier molecular flexibility index (Phi) is 22.8. The average Bonchev–Trinajstić information content (AvgIpc) is 2.75. The number of hydrogen-bond donors (Lipinski definition) is 1. The minimum atomic E-state index is -2.56. The minimum absolute atomic E-state index is 0.0139. The Hall–Kier alpha value is -0.243. The molecule has 0 aliphatic rings. The zero-order valence-electron chi connectivity index (χ0n) is 19.4. The van der Waals surface area contributed by atoms with Crippen molar-refractivity contribution in [2.24, 2.45) is 0 Å². The monoisotopic (exact) mass is 486 g/mol. The number of rotatable bonds is 24. The number of carbonyl (C=O) groups excluding carboxylic acids is 1. The molecule has 0 spiro atoms. The summed E-state index contributed by atoms with van der Waals surface area (Å²) in [5, 5.41) is 8.55. The lowest BCUT2D eigenvalue weighted by Gasteiger charge is -2.28. The lowest BCUT2D eigenvalue weighted by atomic mass is 10.5. The van der Waals surface area contributed by atoms with Gasteiger partial charge in [0.05, 0.1) is 52.7 Å². The summed E-state index contributed by atoms with van der Waals surface area (Å²) in [6.07, 6.45) is 1.31. The van der Waals surface area contributed by atoms with Gasteiger partial charge >= 0.3 is 14.8 Å². The Morgan fingerprint density at radius 2 is 1.29 bits per heavy atom. The van der Waals surface area contributed by atoms with Gasteiger partial charge in [0, 0.05) is 31.6 Å². The van der Waals surface area contributed by atoms with Gasteiger partial charge in [0.15, 0.2) is 0 Å². The third-order valence-electron chi connectivity index (χ3n) is 3.79. The highest BCUT2D eigenvalue weighted by atomic mass is 32.2. The molecule has 0 rings (SSSR count). The Bertz CT molecular complexity index is 388. The Balaban J connectivity index is 3.59. The summed E-state index contributed by atoms with van der Waals surface area (Å²) < 4.78 is 38.4. The molecular weight excluding hydrogens is 444 g/mol. The summed E-state index contributed by atoms with van der Waals surface area (Å²) in [5.41, 5.74) is 0. The second-order valence-electron chi connectivity index (χ2n) is 6.23. The largest absolute Gasteiger partial charge is 0.500 e. The SMILES string of the molecule is CCO[Si](CCCSCCC(=O)OCCOCCOCCOCCO)(OCC)OCC. The molecule has 0 unspecified atom stereocenters. The van der Waals surface area contributed by atoms with Crippen molar-refractivity contribution in [2.75, 3.05) is 84.2 Å². The van der Waals surface area contributed by atoms with Crippen LogP contribution in [0.2, 0.25) is 6.04 Å². The van der Waals surface area contributed by atoms with Gasteiger partial charge in [-0.1, -0.05) is 0 Å². The van der Waals surface area contributed by atoms with Crippen molar-refractivity contribution in [3.8, 4) is 0 Å². The van der Waals surface area contributed by atoms with Crippen LogP contribution in [0.3, 0.4) is 0 Å². The molecule has 0 bridgehead atoms. The Morgan fingerprint density at radius 3 is 1.81 bits per heavy atom. The molecule has 186 valence electrons. The van der Waals surface area contributed by atoms with Crippen molar-refractivity contribution in [1.82, 2.24) is 0 Å². The van der Waals surface area contributed by atoms with Crippen LogP contribution in [0, 0.1) is 0 Å². The van der Waals surface area contributed by atoms with Crippen LogP contribution in [0.25, 0.3) is 0 Å². The number of carbonyl (C=O) groups is 1. The molecular formula is C20H42O9SSi. The fourth-order valence-corrected chi connectivity index (χ4v) is 6.27. The quantitative estimate of drug-likeness (QED) is 0.124. The van der Waals surface area contributed by atoms with Crippen molar-refractivity contribution < 1.29 is 42.1 Å². The van der Waals surface area contributed by atoms with E-state index in [1.165, 1.54) is 0 Å². The highest BCUT2D eigenvalue weighted by Gasteiger charge is 2.39. The highest BCUT2D eigenvalue weighted by molar-refractivity contribution is 7.99. The van der Waals surface area contributed by atoms with Crippen LogP contribution in [0.5, 0.6) is 0 Å². The predicted octanol–water partition coefficient (Wildman–Crippen LogP) is 2.13. The van der Waals surface area contributed by atoms with Gasteiger partial charge in [0.25, 0.3) is 0 Å². The van der Waals surface area contributed by atoms with E-state index < -0.39 is 8.80 Å². The van der Waals surface area contributed by atoms with Crippen LogP contribution >= 0.6 is 11.8 Å². The van der Waals surface area contributed by atoms with E-state index in [0.717, 1.165) is 24.0 Å². The number of aliphatic hydroxyl groups is 1. The molecule has 0 aromatic carbocycles. The lowest BCUT2D eigenvalue weighted by molar-refractivity contribution is -0.144. The topological polar surface area (TPSA) is 102 Å². The average molecular weight is 487 g/mol. The van der Waals surface area contributed by atoms with Crippen LogP contribution in [-0.2, 0) is 37.0 Å². The normalized spacial score (nSPS) is 11.7. The first-order valence-corrected chi connectivity index (χ1v) is 14.2. The molecule has 0 heterocycles. The van der Waals surface area contributed by atoms with Crippen LogP contribution in [0.15, 0.2) is 0 Å². The van der Waals surface area contributed by atoms with Crippen molar-refractivity contribution in [3.63, 3.8) is 0 Å². The van der Waals surface area contributed by atoms with Crippen LogP contribution in [0.1, 0.15) is 33.6 Å². The molecule has 0 aliphatic carbocycles. The summed E-state index contributed by atoms with van der Waals surface area (Å²) >= 11 is 1.72.